The fourth-order valence-corrected chi connectivity index (χ4v) is 8.25. The van der Waals surface area contributed by atoms with Crippen LogP contribution in [0.5, 0.6) is 0 Å². The number of benzene rings is 4. The first-order valence-electron chi connectivity index (χ1n) is 20.0. The smallest absolute Gasteiger partial charge is 0.422 e. The topological polar surface area (TPSA) is 79.1 Å². The molecule has 0 bridgehead atoms. The highest BCUT2D eigenvalue weighted by Gasteiger charge is 2.36. The quantitative estimate of drug-likeness (QED) is 0.0345. The summed E-state index contributed by atoms with van der Waals surface area (Å²) in [5.74, 6) is -2.14. The number of ether oxygens (including phenoxy) is 2. The number of ketones is 1. The number of halogens is 6. The van der Waals surface area contributed by atoms with Crippen molar-refractivity contribution in [2.45, 2.75) is 92.2 Å². The molecule has 0 saturated heterocycles. The Hall–Kier alpha value is -5.43. The van der Waals surface area contributed by atoms with Crippen molar-refractivity contribution in [1.29, 1.82) is 0 Å². The highest BCUT2D eigenvalue weighted by molar-refractivity contribution is 6.26. The van der Waals surface area contributed by atoms with Crippen molar-refractivity contribution in [2.24, 2.45) is 17.0 Å². The molecule has 13 heteroatoms. The van der Waals surface area contributed by atoms with Gasteiger partial charge in [-0.25, -0.2) is 4.79 Å². The maximum absolute atomic E-state index is 14.7. The Balaban J connectivity index is 1.60. The summed E-state index contributed by atoms with van der Waals surface area (Å²) in [6.45, 7) is 8.52. The molecule has 0 N–H and O–H groups in total. The van der Waals surface area contributed by atoms with E-state index in [0.29, 0.717) is 34.5 Å². The second-order valence-corrected chi connectivity index (χ2v) is 15.5. The number of aromatic nitrogens is 1. The number of hydrogen-bond acceptors (Lipinski definition) is 6. The fourth-order valence-electron chi connectivity index (χ4n) is 8.25. The normalized spacial score (nSPS) is 16.7. The van der Waals surface area contributed by atoms with Gasteiger partial charge in [-0.2, -0.15) is 26.3 Å². The predicted octanol–water partition coefficient (Wildman–Crippen LogP) is 12.2. The van der Waals surface area contributed by atoms with Crippen LogP contribution in [0, 0.1) is 32.6 Å². The van der Waals surface area contributed by atoms with Crippen LogP contribution in [-0.4, -0.2) is 53.7 Å². The maximum Gasteiger partial charge on any atom is 0.422 e. The zero-order chi connectivity index (χ0) is 43.5. The van der Waals surface area contributed by atoms with Crippen LogP contribution in [0.4, 0.5) is 26.3 Å². The van der Waals surface area contributed by atoms with E-state index in [9.17, 15) is 35.9 Å². The van der Waals surface area contributed by atoms with Gasteiger partial charge in [-0.05, 0) is 80.0 Å². The average molecular weight is 835 g/mol. The van der Waals surface area contributed by atoms with Gasteiger partial charge in [0.2, 0.25) is 0 Å². The van der Waals surface area contributed by atoms with Gasteiger partial charge < -0.3 is 18.9 Å². The molecule has 0 aliphatic heterocycles. The first-order chi connectivity index (χ1) is 28.4. The van der Waals surface area contributed by atoms with Crippen molar-refractivity contribution in [2.75, 3.05) is 13.2 Å². The third kappa shape index (κ3) is 9.94. The molecule has 0 saturated carbocycles. The molecule has 6 rings (SSSR count). The van der Waals surface area contributed by atoms with Crippen molar-refractivity contribution in [1.82, 2.24) is 4.57 Å². The molecule has 3 unspecified atom stereocenters. The van der Waals surface area contributed by atoms with Crippen molar-refractivity contribution in [3.8, 4) is 0 Å². The molecule has 4 aromatic carbocycles. The number of hydrogen-bond donors (Lipinski definition) is 0. The predicted molar refractivity (Wildman–Crippen MR) is 221 cm³/mol. The number of fused-ring (bicyclic) bond motifs is 5. The number of oxime groups is 1. The number of unbranched alkanes of at least 4 members (excludes halogenated alkanes) is 1. The third-order valence-corrected chi connectivity index (χ3v) is 10.9. The molecular weight excluding hydrogens is 787 g/mol. The van der Waals surface area contributed by atoms with Gasteiger partial charge in [-0.1, -0.05) is 92.4 Å². The van der Waals surface area contributed by atoms with Crippen molar-refractivity contribution < 1.29 is 50.2 Å². The minimum Gasteiger partial charge on any atom is -0.484 e. The number of carbonyl (C=O) groups is 2. The van der Waals surface area contributed by atoms with Crippen LogP contribution < -0.4 is 0 Å². The Morgan fingerprint density at radius 2 is 1.53 bits per heavy atom. The van der Waals surface area contributed by atoms with Crippen LogP contribution in [0.2, 0.25) is 0 Å². The van der Waals surface area contributed by atoms with Gasteiger partial charge in [0.1, 0.15) is 12.4 Å². The molecule has 1 heterocycles. The van der Waals surface area contributed by atoms with Gasteiger partial charge in [0.05, 0.1) is 23.3 Å². The van der Waals surface area contributed by atoms with Crippen LogP contribution in [0.25, 0.3) is 32.6 Å². The molecule has 3 atom stereocenters. The Labute approximate surface area is 344 Å². The summed E-state index contributed by atoms with van der Waals surface area (Å²) in [7, 11) is 0. The monoisotopic (exact) mass is 834 g/mol. The van der Waals surface area contributed by atoms with Gasteiger partial charge in [0, 0.05) is 51.8 Å². The Kier molecular flexibility index (Phi) is 13.3. The minimum absolute atomic E-state index is 0.0140. The number of carbonyl (C=O) groups excluding carboxylic acids is 2. The second kappa shape index (κ2) is 18.0. The van der Waals surface area contributed by atoms with Gasteiger partial charge in [0.15, 0.2) is 12.4 Å². The summed E-state index contributed by atoms with van der Waals surface area (Å²) >= 11 is 0. The van der Waals surface area contributed by atoms with Crippen LogP contribution in [-0.2, 0) is 25.7 Å². The molecule has 318 valence electrons. The lowest BCUT2D eigenvalue weighted by atomic mass is 9.87. The van der Waals surface area contributed by atoms with E-state index in [4.69, 9.17) is 14.3 Å². The molecular formula is C47H48F6N2O5. The van der Waals surface area contributed by atoms with E-state index < -0.39 is 43.6 Å². The van der Waals surface area contributed by atoms with E-state index in [-0.39, 0.29) is 17.3 Å². The molecule has 1 aromatic heterocycles. The molecule has 5 aromatic rings. The summed E-state index contributed by atoms with van der Waals surface area (Å²) in [6, 6.07) is 19.0. The van der Waals surface area contributed by atoms with E-state index >= 15 is 0 Å². The third-order valence-electron chi connectivity index (χ3n) is 10.9. The first kappa shape index (κ1) is 44.1. The molecule has 7 nitrogen and oxygen atoms in total. The van der Waals surface area contributed by atoms with Gasteiger partial charge in [-0.3, -0.25) is 4.79 Å². The largest absolute Gasteiger partial charge is 0.484 e. The summed E-state index contributed by atoms with van der Waals surface area (Å²) in [5, 5.41) is 7.22. The van der Waals surface area contributed by atoms with Gasteiger partial charge in [0.25, 0.3) is 0 Å². The van der Waals surface area contributed by atoms with Crippen LogP contribution in [0.15, 0.2) is 89.8 Å². The number of alkyl halides is 6. The highest BCUT2D eigenvalue weighted by Crippen LogP contribution is 2.40. The lowest BCUT2D eigenvalue weighted by Gasteiger charge is -2.28. The van der Waals surface area contributed by atoms with E-state index in [0.717, 1.165) is 82.6 Å². The SMILES string of the molecule is CCCCC(CC)Cn1c2ccc(/C(=N\OC(C)=O)C3C=CC(OCC(F)(F)F)=CC3OCC(F)(F)F)cc2c2cc(C(=O)c3c(C)cc(C)cc3C)c3ccccc3c21. The standard InChI is InChI=1S/C47H48F6N2O5/c1-7-9-12-31(8-2)24-55-40-18-15-32(43(54-60-30(6)56)36-17-16-33(58-25-46(48,49)50)22-41(36)59-26-47(51,52)53)21-37(40)38-23-39(34-13-10-11-14-35(34)44(38)55)45(57)42-28(4)19-27(3)20-29(42)5/h10-11,13-23,31,36,41H,7-9,12,24-26H2,1-6H3/b54-43+. The molecule has 0 amide bonds. The lowest BCUT2D eigenvalue weighted by molar-refractivity contribution is -0.182. The summed E-state index contributed by atoms with van der Waals surface area (Å²) in [6.07, 6.45) is -3.45. The molecule has 0 fully saturated rings. The van der Waals surface area contributed by atoms with Crippen molar-refractivity contribution in [3.05, 3.63) is 118 Å². The van der Waals surface area contributed by atoms with Gasteiger partial charge in [-0.15, -0.1) is 0 Å². The Bertz CT molecular complexity index is 2490. The first-order valence-corrected chi connectivity index (χ1v) is 20.0. The zero-order valence-corrected chi connectivity index (χ0v) is 34.4. The van der Waals surface area contributed by atoms with Crippen molar-refractivity contribution in [3.63, 3.8) is 0 Å². The summed E-state index contributed by atoms with van der Waals surface area (Å²) in [4.78, 5) is 32.0. The van der Waals surface area contributed by atoms with E-state index in [1.165, 1.54) is 12.2 Å². The van der Waals surface area contributed by atoms with E-state index in [1.54, 1.807) is 12.1 Å². The number of allylic oxidation sites excluding steroid dienone is 1. The van der Waals surface area contributed by atoms with E-state index in [1.807, 2.05) is 69.3 Å². The lowest BCUT2D eigenvalue weighted by Crippen LogP contribution is -2.34. The molecule has 1 aliphatic rings. The highest BCUT2D eigenvalue weighted by atomic mass is 19.4. The summed E-state index contributed by atoms with van der Waals surface area (Å²) < 4.78 is 92.1. The van der Waals surface area contributed by atoms with Crippen molar-refractivity contribution >= 4 is 50.0 Å². The van der Waals surface area contributed by atoms with Crippen LogP contribution >= 0.6 is 0 Å². The summed E-state index contributed by atoms with van der Waals surface area (Å²) in [5.41, 5.74) is 5.91. The molecule has 60 heavy (non-hydrogen) atoms. The van der Waals surface area contributed by atoms with Crippen LogP contribution in [0.1, 0.15) is 84.6 Å². The molecule has 1 aliphatic carbocycles. The Morgan fingerprint density at radius 3 is 2.17 bits per heavy atom. The average Bonchev–Trinajstić information content (AvgIpc) is 3.49. The number of rotatable bonds is 15. The van der Waals surface area contributed by atoms with E-state index in [2.05, 4.69) is 23.6 Å². The van der Waals surface area contributed by atoms with Crippen LogP contribution in [0.3, 0.4) is 0 Å². The molecule has 0 radical (unpaired) electrons. The zero-order valence-electron chi connectivity index (χ0n) is 34.4. The fraction of sp³-hybridized carbons (Fsp3) is 0.383. The Morgan fingerprint density at radius 1 is 0.850 bits per heavy atom. The number of aryl methyl sites for hydroxylation is 3. The number of nitrogens with zero attached hydrogens (tertiary/aromatic N) is 2. The second-order valence-electron chi connectivity index (χ2n) is 15.5. The van der Waals surface area contributed by atoms with Gasteiger partial charge >= 0.3 is 18.3 Å². The minimum atomic E-state index is -4.78. The molecule has 0 spiro atoms. The maximum atomic E-state index is 14.7.